The van der Waals surface area contributed by atoms with Gasteiger partial charge in [-0.2, -0.15) is 0 Å². The number of benzene rings is 1. The smallest absolute Gasteiger partial charge is 0.344 e. The summed E-state index contributed by atoms with van der Waals surface area (Å²) in [6.07, 6.45) is 1.02. The lowest BCUT2D eigenvalue weighted by molar-refractivity contribution is -0.163. The minimum absolute atomic E-state index is 0.00162. The van der Waals surface area contributed by atoms with E-state index in [2.05, 4.69) is 9.64 Å². The summed E-state index contributed by atoms with van der Waals surface area (Å²) in [6, 6.07) is 3.22. The van der Waals surface area contributed by atoms with Crippen LogP contribution in [0.5, 0.6) is 11.5 Å². The molecule has 37 heavy (non-hydrogen) atoms. The van der Waals surface area contributed by atoms with Crippen molar-refractivity contribution in [1.29, 1.82) is 0 Å². The van der Waals surface area contributed by atoms with Crippen molar-refractivity contribution in [1.82, 2.24) is 4.90 Å². The van der Waals surface area contributed by atoms with Crippen LogP contribution in [-0.4, -0.2) is 76.9 Å². The van der Waals surface area contributed by atoms with Crippen molar-refractivity contribution in [3.63, 3.8) is 0 Å². The highest BCUT2D eigenvalue weighted by Crippen LogP contribution is 2.62. The first-order valence-corrected chi connectivity index (χ1v) is 12.9. The van der Waals surface area contributed by atoms with Crippen LogP contribution in [0.3, 0.4) is 0 Å². The summed E-state index contributed by atoms with van der Waals surface area (Å²) in [4.78, 5) is 38.0. The van der Waals surface area contributed by atoms with Gasteiger partial charge in [-0.1, -0.05) is 26.0 Å². The Kier molecular flexibility index (Phi) is 8.39. The maximum Gasteiger partial charge on any atom is 0.344 e. The fourth-order valence-corrected chi connectivity index (χ4v) is 6.00. The lowest BCUT2D eigenvalue weighted by Gasteiger charge is -2.59. The lowest BCUT2D eigenvalue weighted by Crippen LogP contribution is -2.71. The Hall–Kier alpha value is -2.91. The average Bonchev–Trinajstić information content (AvgIpc) is 3.23. The quantitative estimate of drug-likeness (QED) is 0.433. The Labute approximate surface area is 218 Å². The van der Waals surface area contributed by atoms with Crippen LogP contribution in [0.15, 0.2) is 23.8 Å². The van der Waals surface area contributed by atoms with Gasteiger partial charge in [-0.25, -0.2) is 4.79 Å². The van der Waals surface area contributed by atoms with Gasteiger partial charge in [0.15, 0.2) is 30.0 Å². The van der Waals surface area contributed by atoms with Crippen LogP contribution in [0.2, 0.25) is 0 Å². The molecule has 1 spiro atoms. The number of likely N-dealkylation sites (tertiary alicyclic amines) is 1. The van der Waals surface area contributed by atoms with E-state index < -0.39 is 41.8 Å². The van der Waals surface area contributed by atoms with E-state index in [-0.39, 0.29) is 24.0 Å². The summed E-state index contributed by atoms with van der Waals surface area (Å²) < 4.78 is 16.1. The number of aromatic hydroxyl groups is 1. The van der Waals surface area contributed by atoms with Crippen LogP contribution < -0.4 is 4.74 Å². The van der Waals surface area contributed by atoms with Crippen molar-refractivity contribution in [3.05, 3.63) is 34.9 Å². The number of nitrogens with zero attached hydrogens (tertiary/aromatic N) is 1. The molecule has 0 bridgehead atoms. The number of aliphatic hydroxyl groups is 1. The number of ether oxygens (including phenoxy) is 3. The van der Waals surface area contributed by atoms with Crippen molar-refractivity contribution in [2.75, 3.05) is 20.2 Å². The van der Waals surface area contributed by atoms with E-state index in [1.165, 1.54) is 13.8 Å². The number of piperidine rings is 1. The molecule has 1 aromatic rings. The van der Waals surface area contributed by atoms with Gasteiger partial charge in [0.05, 0.1) is 11.0 Å². The van der Waals surface area contributed by atoms with Crippen molar-refractivity contribution < 1.29 is 38.8 Å². The molecule has 1 saturated heterocycles. The SMILES string of the molecule is CC.CC(=O)OCC(=O)OC(C)C(=O)CC1=CCC2(O)C(C)N(C)CCC23c2c(C)ccc(O)c2OC13. The summed E-state index contributed by atoms with van der Waals surface area (Å²) in [5.41, 5.74) is 0.383. The van der Waals surface area contributed by atoms with Crippen LogP contribution in [0.25, 0.3) is 0 Å². The zero-order chi connectivity index (χ0) is 27.7. The van der Waals surface area contributed by atoms with E-state index in [0.29, 0.717) is 30.7 Å². The van der Waals surface area contributed by atoms with Gasteiger partial charge in [0, 0.05) is 24.9 Å². The third-order valence-corrected chi connectivity index (χ3v) is 8.00. The first-order chi connectivity index (χ1) is 17.4. The number of hydrogen-bond acceptors (Lipinski definition) is 9. The number of fused-ring (bicyclic) bond motifs is 1. The second-order valence-electron chi connectivity index (χ2n) is 9.94. The zero-order valence-corrected chi connectivity index (χ0v) is 22.8. The Morgan fingerprint density at radius 1 is 1.27 bits per heavy atom. The number of rotatable bonds is 6. The second-order valence-corrected chi connectivity index (χ2v) is 9.94. The maximum absolute atomic E-state index is 13.0. The monoisotopic (exact) mass is 517 g/mol. The molecule has 5 atom stereocenters. The Bertz CT molecular complexity index is 1100. The minimum atomic E-state index is -1.18. The topological polar surface area (TPSA) is 123 Å². The van der Waals surface area contributed by atoms with Crippen LogP contribution in [0, 0.1) is 6.92 Å². The Balaban J connectivity index is 0.00000186. The lowest BCUT2D eigenvalue weighted by atomic mass is 9.53. The molecule has 5 unspecified atom stereocenters. The van der Waals surface area contributed by atoms with Crippen molar-refractivity contribution in [2.45, 2.75) is 90.1 Å². The molecule has 2 aliphatic heterocycles. The number of Topliss-reactive ketones (excluding diaryl/α,β-unsaturated/α-hetero) is 1. The standard InChI is InChI=1S/C26H33NO8.C2H6/c1-14-6-7-19(29)23-22(14)25-10-11-27(5)16(3)26(25,32)9-8-18(24(25)35-23)12-20(30)15(2)34-21(31)13-33-17(4)28;1-2/h6-8,15-16,24,29,32H,9-13H2,1-5H3;1-2H3. The van der Waals surface area contributed by atoms with E-state index >= 15 is 0 Å². The minimum Gasteiger partial charge on any atom is -0.504 e. The number of esters is 2. The molecule has 1 aromatic carbocycles. The van der Waals surface area contributed by atoms with Gasteiger partial charge in [0.1, 0.15) is 6.10 Å². The van der Waals surface area contributed by atoms with E-state index in [1.54, 1.807) is 6.07 Å². The van der Waals surface area contributed by atoms with Crippen molar-refractivity contribution >= 4 is 17.7 Å². The largest absolute Gasteiger partial charge is 0.504 e. The summed E-state index contributed by atoms with van der Waals surface area (Å²) >= 11 is 0. The number of phenolic OH excluding ortho intramolecular Hbond substituents is 1. The summed E-state index contributed by atoms with van der Waals surface area (Å²) in [5, 5.41) is 22.8. The first kappa shape index (κ1) is 28.7. The number of aryl methyl sites for hydroxylation is 1. The maximum atomic E-state index is 13.0. The van der Waals surface area contributed by atoms with Gasteiger partial charge in [-0.3, -0.25) is 9.59 Å². The van der Waals surface area contributed by atoms with Crippen LogP contribution in [-0.2, 0) is 29.3 Å². The van der Waals surface area contributed by atoms with Crippen molar-refractivity contribution in [2.24, 2.45) is 0 Å². The molecule has 2 heterocycles. The first-order valence-electron chi connectivity index (χ1n) is 12.9. The number of ketones is 1. The molecule has 0 radical (unpaired) electrons. The highest BCUT2D eigenvalue weighted by atomic mass is 16.6. The molecule has 3 aliphatic rings. The molecule has 1 aliphatic carbocycles. The predicted octanol–water partition coefficient (Wildman–Crippen LogP) is 2.96. The van der Waals surface area contributed by atoms with Crippen molar-refractivity contribution in [3.8, 4) is 11.5 Å². The fraction of sp³-hybridized carbons (Fsp3) is 0.607. The van der Waals surface area contributed by atoms with Crippen LogP contribution in [0.4, 0.5) is 0 Å². The summed E-state index contributed by atoms with van der Waals surface area (Å²) in [5.74, 6) is -1.41. The molecule has 9 heteroatoms. The molecule has 2 N–H and O–H groups in total. The summed E-state index contributed by atoms with van der Waals surface area (Å²) in [6.45, 7) is 10.7. The Morgan fingerprint density at radius 2 is 1.95 bits per heavy atom. The molecule has 4 rings (SSSR count). The molecular formula is C28H39NO8. The third-order valence-electron chi connectivity index (χ3n) is 8.00. The number of carbonyl (C=O) groups is 3. The van der Waals surface area contributed by atoms with Crippen LogP contribution in [0.1, 0.15) is 65.0 Å². The Morgan fingerprint density at radius 3 is 2.59 bits per heavy atom. The van der Waals surface area contributed by atoms with Gasteiger partial charge in [-0.15, -0.1) is 0 Å². The number of phenols is 1. The highest BCUT2D eigenvalue weighted by molar-refractivity contribution is 5.88. The fourth-order valence-electron chi connectivity index (χ4n) is 6.00. The molecule has 0 aromatic heterocycles. The number of hydrogen-bond donors (Lipinski definition) is 2. The second kappa shape index (κ2) is 10.8. The zero-order valence-electron chi connectivity index (χ0n) is 22.8. The van der Waals surface area contributed by atoms with Gasteiger partial charge >= 0.3 is 11.9 Å². The van der Waals surface area contributed by atoms with Gasteiger partial charge < -0.3 is 29.3 Å². The molecular weight excluding hydrogens is 478 g/mol. The van der Waals surface area contributed by atoms with Gasteiger partial charge in [0.25, 0.3) is 0 Å². The third kappa shape index (κ3) is 4.75. The van der Waals surface area contributed by atoms with Gasteiger partial charge in [0.2, 0.25) is 0 Å². The highest BCUT2D eigenvalue weighted by Gasteiger charge is 2.68. The van der Waals surface area contributed by atoms with E-state index in [9.17, 15) is 24.6 Å². The molecule has 1 fully saturated rings. The van der Waals surface area contributed by atoms with Gasteiger partial charge in [-0.05, 0) is 64.4 Å². The van der Waals surface area contributed by atoms with Crippen LogP contribution >= 0.6 is 0 Å². The van der Waals surface area contributed by atoms with E-state index in [1.807, 2.05) is 46.9 Å². The molecule has 0 saturated carbocycles. The molecule has 0 amide bonds. The van der Waals surface area contributed by atoms with E-state index in [0.717, 1.165) is 11.1 Å². The average molecular weight is 518 g/mol. The molecule has 204 valence electrons. The predicted molar refractivity (Wildman–Crippen MR) is 136 cm³/mol. The normalized spacial score (nSPS) is 28.7. The number of carbonyl (C=O) groups excluding carboxylic acids is 3. The molecule has 9 nitrogen and oxygen atoms in total. The van der Waals surface area contributed by atoms with E-state index in [4.69, 9.17) is 9.47 Å². The number of likely N-dealkylation sites (N-methyl/N-ethyl adjacent to an activating group) is 1. The summed E-state index contributed by atoms with van der Waals surface area (Å²) in [7, 11) is 1.98.